The number of ether oxygens (including phenoxy) is 1. The summed E-state index contributed by atoms with van der Waals surface area (Å²) in [4.78, 5) is 17.7. The lowest BCUT2D eigenvalue weighted by Gasteiger charge is -2.35. The first-order valence-corrected chi connectivity index (χ1v) is 8.58. The first-order valence-electron chi connectivity index (χ1n) is 8.58. The zero-order valence-corrected chi connectivity index (χ0v) is 14.2. The number of benzene rings is 1. The molecule has 130 valence electrons. The van der Waals surface area contributed by atoms with Crippen molar-refractivity contribution in [3.63, 3.8) is 0 Å². The summed E-state index contributed by atoms with van der Waals surface area (Å²) in [6.45, 7) is 5.29. The molecule has 2 aliphatic rings. The Morgan fingerprint density at radius 2 is 1.84 bits per heavy atom. The Labute approximate surface area is 147 Å². The Bertz CT molecular complexity index is 757. The molecule has 0 aliphatic carbocycles. The minimum atomic E-state index is -0.0494. The van der Waals surface area contributed by atoms with E-state index in [-0.39, 0.29) is 12.1 Å². The van der Waals surface area contributed by atoms with Crippen LogP contribution in [0.1, 0.15) is 18.5 Å². The molecule has 1 fully saturated rings. The Kier molecular flexibility index (Phi) is 4.13. The molecular weight excluding hydrogens is 316 g/mol. The number of piperazine rings is 1. The van der Waals surface area contributed by atoms with Crippen LogP contribution in [0.2, 0.25) is 0 Å². The van der Waals surface area contributed by atoms with Crippen LogP contribution in [0.3, 0.4) is 0 Å². The molecule has 0 spiro atoms. The van der Waals surface area contributed by atoms with Gasteiger partial charge in [-0.25, -0.2) is 15.0 Å². The van der Waals surface area contributed by atoms with Crippen LogP contribution in [0, 0.1) is 0 Å². The Hall–Kier alpha value is -2.83. The van der Waals surface area contributed by atoms with Gasteiger partial charge in [0.1, 0.15) is 17.9 Å². The highest BCUT2D eigenvalue weighted by Gasteiger charge is 2.31. The van der Waals surface area contributed by atoms with Crippen LogP contribution in [0.15, 0.2) is 47.7 Å². The van der Waals surface area contributed by atoms with Crippen LogP contribution < -0.4 is 15.4 Å². The fourth-order valence-electron chi connectivity index (χ4n) is 3.34. The second-order valence-corrected chi connectivity index (χ2v) is 6.32. The molecule has 3 heterocycles. The van der Waals surface area contributed by atoms with Crippen LogP contribution in [0.4, 0.5) is 5.95 Å². The predicted octanol–water partition coefficient (Wildman–Crippen LogP) is 1.44. The van der Waals surface area contributed by atoms with Gasteiger partial charge in [0.05, 0.1) is 0 Å². The quantitative estimate of drug-likeness (QED) is 0.659. The van der Waals surface area contributed by atoms with Gasteiger partial charge >= 0.3 is 0 Å². The van der Waals surface area contributed by atoms with Crippen molar-refractivity contribution < 1.29 is 4.74 Å². The van der Waals surface area contributed by atoms with Gasteiger partial charge in [0.15, 0.2) is 5.96 Å². The molecule has 2 atom stereocenters. The summed E-state index contributed by atoms with van der Waals surface area (Å²) >= 11 is 0. The van der Waals surface area contributed by atoms with Gasteiger partial charge in [-0.15, -0.1) is 0 Å². The molecule has 2 aromatic rings. The largest absolute Gasteiger partial charge is 0.488 e. The van der Waals surface area contributed by atoms with E-state index in [0.717, 1.165) is 43.4 Å². The van der Waals surface area contributed by atoms with Gasteiger partial charge in [-0.05, 0) is 19.1 Å². The highest BCUT2D eigenvalue weighted by Crippen LogP contribution is 2.38. The number of hydrogen-bond donors (Lipinski definition) is 1. The van der Waals surface area contributed by atoms with Crippen LogP contribution in [0.5, 0.6) is 5.75 Å². The van der Waals surface area contributed by atoms with Gasteiger partial charge in [-0.2, -0.15) is 0 Å². The number of anilines is 1. The Morgan fingerprint density at radius 1 is 1.12 bits per heavy atom. The molecular formula is C18H22N6O. The number of hydrogen-bond acceptors (Lipinski definition) is 5. The molecule has 0 amide bonds. The molecule has 1 saturated heterocycles. The summed E-state index contributed by atoms with van der Waals surface area (Å²) in [7, 11) is 0. The minimum Gasteiger partial charge on any atom is -0.488 e. The third kappa shape index (κ3) is 3.09. The monoisotopic (exact) mass is 338 g/mol. The smallest absolute Gasteiger partial charge is 0.225 e. The average Bonchev–Trinajstić information content (AvgIpc) is 2.98. The van der Waals surface area contributed by atoms with Crippen molar-refractivity contribution in [3.05, 3.63) is 48.3 Å². The minimum absolute atomic E-state index is 0.00467. The van der Waals surface area contributed by atoms with E-state index in [1.165, 1.54) is 0 Å². The molecule has 2 aliphatic heterocycles. The number of guanidine groups is 1. The van der Waals surface area contributed by atoms with Gasteiger partial charge < -0.3 is 20.3 Å². The zero-order chi connectivity index (χ0) is 17.2. The SMILES string of the molecule is CC1Oc2ccccc2C1N=C(N)N1CCN(c2ncccn2)CC1. The number of nitrogens with two attached hydrogens (primary N) is 1. The highest BCUT2D eigenvalue weighted by molar-refractivity contribution is 5.79. The van der Waals surface area contributed by atoms with Gasteiger partial charge in [0, 0.05) is 44.1 Å². The second-order valence-electron chi connectivity index (χ2n) is 6.32. The average molecular weight is 338 g/mol. The summed E-state index contributed by atoms with van der Waals surface area (Å²) in [6, 6.07) is 9.81. The maximum atomic E-state index is 6.30. The molecule has 1 aromatic heterocycles. The maximum absolute atomic E-state index is 6.30. The molecule has 7 heteroatoms. The lowest BCUT2D eigenvalue weighted by atomic mass is 10.1. The number of fused-ring (bicyclic) bond motifs is 1. The van der Waals surface area contributed by atoms with Crippen LogP contribution in [-0.2, 0) is 0 Å². The Morgan fingerprint density at radius 3 is 2.60 bits per heavy atom. The summed E-state index contributed by atoms with van der Waals surface area (Å²) in [6.07, 6.45) is 3.53. The van der Waals surface area contributed by atoms with Crippen LogP contribution in [0.25, 0.3) is 0 Å². The van der Waals surface area contributed by atoms with Crippen LogP contribution in [-0.4, -0.2) is 53.1 Å². The molecule has 7 nitrogen and oxygen atoms in total. The number of para-hydroxylation sites is 1. The van der Waals surface area contributed by atoms with E-state index in [0.29, 0.717) is 5.96 Å². The summed E-state index contributed by atoms with van der Waals surface area (Å²) in [5.74, 6) is 2.25. The highest BCUT2D eigenvalue weighted by atomic mass is 16.5. The molecule has 4 rings (SSSR count). The molecule has 1 aromatic carbocycles. The van der Waals surface area contributed by atoms with Crippen molar-refractivity contribution in [2.24, 2.45) is 10.7 Å². The van der Waals surface area contributed by atoms with Crippen molar-refractivity contribution in [1.29, 1.82) is 0 Å². The number of rotatable bonds is 2. The van der Waals surface area contributed by atoms with E-state index < -0.39 is 0 Å². The second kappa shape index (κ2) is 6.58. The fourth-order valence-corrected chi connectivity index (χ4v) is 3.34. The molecule has 2 unspecified atom stereocenters. The van der Waals surface area contributed by atoms with Gasteiger partial charge in [-0.1, -0.05) is 18.2 Å². The third-order valence-corrected chi connectivity index (χ3v) is 4.71. The van der Waals surface area contributed by atoms with Crippen molar-refractivity contribution in [1.82, 2.24) is 14.9 Å². The van der Waals surface area contributed by atoms with E-state index in [9.17, 15) is 0 Å². The van der Waals surface area contributed by atoms with E-state index in [1.807, 2.05) is 31.2 Å². The Balaban J connectivity index is 1.44. The first-order chi connectivity index (χ1) is 12.2. The van der Waals surface area contributed by atoms with Gasteiger partial charge in [-0.3, -0.25) is 0 Å². The van der Waals surface area contributed by atoms with E-state index in [4.69, 9.17) is 15.5 Å². The van der Waals surface area contributed by atoms with Crippen molar-refractivity contribution >= 4 is 11.9 Å². The van der Waals surface area contributed by atoms with E-state index >= 15 is 0 Å². The van der Waals surface area contributed by atoms with E-state index in [2.05, 4.69) is 25.8 Å². The summed E-state index contributed by atoms with van der Waals surface area (Å²) in [5, 5.41) is 0. The maximum Gasteiger partial charge on any atom is 0.225 e. The molecule has 0 saturated carbocycles. The number of aliphatic imine (C=N–C) groups is 1. The molecule has 25 heavy (non-hydrogen) atoms. The number of nitrogens with zero attached hydrogens (tertiary/aromatic N) is 5. The van der Waals surface area contributed by atoms with Crippen LogP contribution >= 0.6 is 0 Å². The third-order valence-electron chi connectivity index (χ3n) is 4.71. The predicted molar refractivity (Wildman–Crippen MR) is 96.7 cm³/mol. The topological polar surface area (TPSA) is 79.9 Å². The summed E-state index contributed by atoms with van der Waals surface area (Å²) < 4.78 is 5.88. The van der Waals surface area contributed by atoms with Crippen molar-refractivity contribution in [2.75, 3.05) is 31.1 Å². The van der Waals surface area contributed by atoms with Crippen molar-refractivity contribution in [2.45, 2.75) is 19.1 Å². The summed E-state index contributed by atoms with van der Waals surface area (Å²) in [5.41, 5.74) is 7.41. The molecule has 2 N–H and O–H groups in total. The molecule has 0 radical (unpaired) electrons. The number of aromatic nitrogens is 2. The lowest BCUT2D eigenvalue weighted by molar-refractivity contribution is 0.227. The van der Waals surface area contributed by atoms with Gasteiger partial charge in [0.2, 0.25) is 5.95 Å². The first kappa shape index (κ1) is 15.7. The van der Waals surface area contributed by atoms with E-state index in [1.54, 1.807) is 12.4 Å². The lowest BCUT2D eigenvalue weighted by Crippen LogP contribution is -2.51. The van der Waals surface area contributed by atoms with Gasteiger partial charge in [0.25, 0.3) is 0 Å². The fraction of sp³-hybridized carbons (Fsp3) is 0.389. The standard InChI is InChI=1S/C18H22N6O/c1-13-16(14-5-2-3-6-15(14)25-13)22-17(19)23-9-11-24(12-10-23)18-20-7-4-8-21-18/h2-8,13,16H,9-12H2,1H3,(H2,19,22). The normalized spacial score (nSPS) is 23.3. The molecule has 0 bridgehead atoms. The van der Waals surface area contributed by atoms with Crippen molar-refractivity contribution in [3.8, 4) is 5.75 Å². The zero-order valence-electron chi connectivity index (χ0n) is 14.2.